The van der Waals surface area contributed by atoms with E-state index in [0.29, 0.717) is 0 Å². The normalized spacial score (nSPS) is 12.9. The second-order valence-corrected chi connectivity index (χ2v) is 16.8. The van der Waals surface area contributed by atoms with E-state index in [-0.39, 0.29) is 5.41 Å². The number of hydrogen-bond donors (Lipinski definition) is 0. The molecule has 0 N–H and O–H groups in total. The Balaban J connectivity index is 1.03. The number of para-hydroxylation sites is 1. The van der Waals surface area contributed by atoms with Gasteiger partial charge in [-0.25, -0.2) is 0 Å². The molecule has 0 fully saturated rings. The Morgan fingerprint density at radius 3 is 1.77 bits per heavy atom. The summed E-state index contributed by atoms with van der Waals surface area (Å²) in [5.74, 6) is 0. The van der Waals surface area contributed by atoms with Crippen LogP contribution in [0.1, 0.15) is 25.0 Å². The number of hydrogen-bond acceptors (Lipinski definition) is 2. The van der Waals surface area contributed by atoms with E-state index in [9.17, 15) is 0 Å². The van der Waals surface area contributed by atoms with E-state index in [4.69, 9.17) is 0 Å². The summed E-state index contributed by atoms with van der Waals surface area (Å²) >= 11 is 1.86. The van der Waals surface area contributed by atoms with E-state index in [0.717, 1.165) is 17.1 Å². The van der Waals surface area contributed by atoms with Crippen LogP contribution in [0.15, 0.2) is 200 Å². The Labute approximate surface area is 337 Å². The van der Waals surface area contributed by atoms with Gasteiger partial charge in [0.15, 0.2) is 0 Å². The second-order valence-electron chi connectivity index (χ2n) is 15.7. The highest BCUT2D eigenvalue weighted by Gasteiger charge is 2.35. The summed E-state index contributed by atoms with van der Waals surface area (Å²) in [5, 5.41) is 5.13. The molecular weight excluding hydrogens is 707 g/mol. The van der Waals surface area contributed by atoms with E-state index in [1.165, 1.54) is 86.6 Å². The molecule has 270 valence electrons. The van der Waals surface area contributed by atoms with Crippen molar-refractivity contribution in [3.05, 3.63) is 211 Å². The second kappa shape index (κ2) is 13.2. The number of thiophene rings is 1. The van der Waals surface area contributed by atoms with Crippen LogP contribution in [-0.4, -0.2) is 0 Å². The molecule has 1 nitrogen and oxygen atoms in total. The average Bonchev–Trinajstić information content (AvgIpc) is 3.75. The van der Waals surface area contributed by atoms with Gasteiger partial charge in [-0.05, 0) is 115 Å². The zero-order valence-electron chi connectivity index (χ0n) is 31.9. The molecule has 1 heterocycles. The van der Waals surface area contributed by atoms with Crippen molar-refractivity contribution in [1.29, 1.82) is 0 Å². The van der Waals surface area contributed by atoms with E-state index >= 15 is 0 Å². The molecule has 0 amide bonds. The summed E-state index contributed by atoms with van der Waals surface area (Å²) in [5.41, 5.74) is 16.1. The first-order valence-electron chi connectivity index (χ1n) is 19.8. The quantitative estimate of drug-likeness (QED) is 0.164. The summed E-state index contributed by atoms with van der Waals surface area (Å²) < 4.78 is 2.63. The van der Waals surface area contributed by atoms with Crippen molar-refractivity contribution >= 4 is 59.3 Å². The Morgan fingerprint density at radius 2 is 0.947 bits per heavy atom. The van der Waals surface area contributed by atoms with Gasteiger partial charge in [0.25, 0.3) is 0 Å². The molecular formula is C55H39NS. The zero-order valence-corrected chi connectivity index (χ0v) is 32.7. The van der Waals surface area contributed by atoms with Crippen molar-refractivity contribution in [2.24, 2.45) is 0 Å². The lowest BCUT2D eigenvalue weighted by atomic mass is 9.81. The van der Waals surface area contributed by atoms with Crippen LogP contribution in [0.2, 0.25) is 0 Å². The first-order valence-corrected chi connectivity index (χ1v) is 20.6. The fourth-order valence-electron chi connectivity index (χ4n) is 9.19. The molecule has 2 heteroatoms. The minimum absolute atomic E-state index is 0.0427. The van der Waals surface area contributed by atoms with Crippen molar-refractivity contribution in [1.82, 2.24) is 0 Å². The van der Waals surface area contributed by atoms with Gasteiger partial charge in [0.2, 0.25) is 0 Å². The first kappa shape index (κ1) is 33.6. The maximum absolute atomic E-state index is 2.42. The summed E-state index contributed by atoms with van der Waals surface area (Å²) in [4.78, 5) is 2.42. The van der Waals surface area contributed by atoms with Gasteiger partial charge in [0, 0.05) is 42.5 Å². The van der Waals surface area contributed by atoms with E-state index in [1.807, 2.05) is 11.3 Å². The molecule has 1 aliphatic carbocycles. The van der Waals surface area contributed by atoms with Gasteiger partial charge >= 0.3 is 0 Å². The number of benzene rings is 9. The molecule has 9 aromatic carbocycles. The lowest BCUT2D eigenvalue weighted by Crippen LogP contribution is -2.14. The van der Waals surface area contributed by atoms with Crippen LogP contribution in [0.25, 0.3) is 75.5 Å². The summed E-state index contributed by atoms with van der Waals surface area (Å²) in [6, 6.07) is 73.9. The van der Waals surface area contributed by atoms with Crippen LogP contribution in [0.4, 0.5) is 17.1 Å². The Morgan fingerprint density at radius 1 is 0.368 bits per heavy atom. The summed E-state index contributed by atoms with van der Waals surface area (Å²) in [6.07, 6.45) is 0. The van der Waals surface area contributed by atoms with Gasteiger partial charge in [-0.1, -0.05) is 159 Å². The lowest BCUT2D eigenvalue weighted by molar-refractivity contribution is 0.660. The van der Waals surface area contributed by atoms with Crippen LogP contribution in [0.3, 0.4) is 0 Å². The van der Waals surface area contributed by atoms with Gasteiger partial charge < -0.3 is 4.90 Å². The largest absolute Gasteiger partial charge is 0.310 e. The zero-order chi connectivity index (χ0) is 38.1. The van der Waals surface area contributed by atoms with Crippen molar-refractivity contribution in [2.75, 3.05) is 4.90 Å². The predicted molar refractivity (Wildman–Crippen MR) is 245 cm³/mol. The highest BCUT2D eigenvalue weighted by Crippen LogP contribution is 2.50. The van der Waals surface area contributed by atoms with Crippen LogP contribution in [0.5, 0.6) is 0 Å². The van der Waals surface area contributed by atoms with Gasteiger partial charge in [-0.2, -0.15) is 0 Å². The third kappa shape index (κ3) is 5.51. The molecule has 0 atom stereocenters. The molecule has 57 heavy (non-hydrogen) atoms. The lowest BCUT2D eigenvalue weighted by Gasteiger charge is -2.28. The smallest absolute Gasteiger partial charge is 0.0540 e. The third-order valence-corrected chi connectivity index (χ3v) is 13.3. The minimum atomic E-state index is -0.0427. The molecule has 0 unspecified atom stereocenters. The van der Waals surface area contributed by atoms with Crippen LogP contribution in [-0.2, 0) is 5.41 Å². The highest BCUT2D eigenvalue weighted by atomic mass is 32.1. The molecule has 0 bridgehead atoms. The molecule has 0 radical (unpaired) electrons. The Kier molecular flexibility index (Phi) is 7.77. The van der Waals surface area contributed by atoms with Gasteiger partial charge in [-0.3, -0.25) is 0 Å². The highest BCUT2D eigenvalue weighted by molar-refractivity contribution is 7.25. The molecule has 10 aromatic rings. The number of anilines is 3. The average molecular weight is 746 g/mol. The van der Waals surface area contributed by atoms with E-state index < -0.39 is 0 Å². The Bertz CT molecular complexity index is 3140. The summed E-state index contributed by atoms with van der Waals surface area (Å²) in [7, 11) is 0. The van der Waals surface area contributed by atoms with Crippen molar-refractivity contribution in [3.8, 4) is 44.5 Å². The van der Waals surface area contributed by atoms with Gasteiger partial charge in [0.05, 0.1) is 5.69 Å². The number of fused-ring (bicyclic) bond motifs is 7. The SMILES string of the molecule is CC1(C)c2ccccc2-c2ccc(-c3ccc(N(c4ccc(-c5cccc6ccccc56)cc4)c4ccccc4-c4ccc5sc6ccccc6c5c4)cc3)cc21. The van der Waals surface area contributed by atoms with E-state index in [2.05, 4.69) is 219 Å². The maximum Gasteiger partial charge on any atom is 0.0540 e. The first-order chi connectivity index (χ1) is 28.0. The van der Waals surface area contributed by atoms with Crippen LogP contribution >= 0.6 is 11.3 Å². The fraction of sp³-hybridized carbons (Fsp3) is 0.0545. The van der Waals surface area contributed by atoms with Crippen molar-refractivity contribution in [3.63, 3.8) is 0 Å². The predicted octanol–water partition coefficient (Wildman–Crippen LogP) is 16.0. The van der Waals surface area contributed by atoms with Crippen LogP contribution < -0.4 is 4.90 Å². The number of nitrogens with zero attached hydrogens (tertiary/aromatic N) is 1. The molecule has 1 aromatic heterocycles. The standard InChI is InChI=1S/C55H39NS/c1-55(2)50-19-8-5-16-46(50)47-32-26-39(35-51(47)55)36-22-28-41(29-23-36)56(42-30-24-38(25-31-42)44-18-11-13-37-12-3-4-14-43(37)44)52-20-9-6-15-45(52)40-27-33-54-49(34-40)48-17-7-10-21-53(48)57-54/h3-35H,1-2H3. The van der Waals surface area contributed by atoms with E-state index in [1.54, 1.807) is 0 Å². The molecule has 0 spiro atoms. The molecule has 0 aliphatic heterocycles. The molecule has 0 saturated heterocycles. The maximum atomic E-state index is 2.42. The minimum Gasteiger partial charge on any atom is -0.310 e. The number of rotatable bonds is 6. The third-order valence-electron chi connectivity index (χ3n) is 12.1. The monoisotopic (exact) mass is 745 g/mol. The van der Waals surface area contributed by atoms with Gasteiger partial charge in [0.1, 0.15) is 0 Å². The topological polar surface area (TPSA) is 3.24 Å². The Hall–Kier alpha value is -6.74. The molecule has 11 rings (SSSR count). The molecule has 1 aliphatic rings. The van der Waals surface area contributed by atoms with Gasteiger partial charge in [-0.15, -0.1) is 11.3 Å². The fourth-order valence-corrected chi connectivity index (χ4v) is 10.3. The summed E-state index contributed by atoms with van der Waals surface area (Å²) in [6.45, 7) is 4.70. The van der Waals surface area contributed by atoms with Crippen LogP contribution in [0, 0.1) is 0 Å². The van der Waals surface area contributed by atoms with Crippen molar-refractivity contribution < 1.29 is 0 Å². The van der Waals surface area contributed by atoms with Crippen molar-refractivity contribution in [2.45, 2.75) is 19.3 Å². The molecule has 0 saturated carbocycles.